The van der Waals surface area contributed by atoms with Crippen molar-refractivity contribution in [1.82, 2.24) is 14.3 Å². The summed E-state index contributed by atoms with van der Waals surface area (Å²) in [6.07, 6.45) is 0. The van der Waals surface area contributed by atoms with Crippen LogP contribution in [0.1, 0.15) is 17.2 Å². The Hall–Kier alpha value is -3.39. The van der Waals surface area contributed by atoms with Gasteiger partial charge in [0, 0.05) is 27.2 Å². The highest BCUT2D eigenvalue weighted by atomic mass is 35.5. The Morgan fingerprint density at radius 3 is 2.32 bits per heavy atom. The Morgan fingerprint density at radius 2 is 1.65 bits per heavy atom. The maximum Gasteiger partial charge on any atom is 0.347 e. The van der Waals surface area contributed by atoms with Crippen molar-refractivity contribution in [2.45, 2.75) is 19.1 Å². The lowest BCUT2D eigenvalue weighted by Crippen LogP contribution is -2.44. The van der Waals surface area contributed by atoms with Crippen LogP contribution in [0.15, 0.2) is 82.4 Å². The molecule has 1 unspecified atom stereocenters. The molecular weight excluding hydrogens is 475 g/mol. The Morgan fingerprint density at radius 1 is 0.971 bits per heavy atom. The monoisotopic (exact) mass is 496 g/mol. The Balaban J connectivity index is 1.88. The largest absolute Gasteiger partial charge is 0.497 e. The number of aromatic nitrogens is 3. The second kappa shape index (κ2) is 10.3. The highest BCUT2D eigenvalue weighted by Gasteiger charge is 2.19. The van der Waals surface area contributed by atoms with E-state index in [1.54, 1.807) is 42.5 Å². The molecule has 0 aliphatic rings. The molecule has 1 aromatic heterocycles. The molecule has 0 aliphatic heterocycles. The van der Waals surface area contributed by atoms with Gasteiger partial charge in [0.25, 0.3) is 5.56 Å². The van der Waals surface area contributed by atoms with E-state index in [1.807, 2.05) is 30.3 Å². The van der Waals surface area contributed by atoms with Crippen LogP contribution in [0.25, 0.3) is 11.3 Å². The zero-order chi connectivity index (χ0) is 24.2. The van der Waals surface area contributed by atoms with Crippen LogP contribution >= 0.6 is 23.2 Å². The summed E-state index contributed by atoms with van der Waals surface area (Å²) < 4.78 is 7.57. The Labute approximate surface area is 205 Å². The number of ether oxygens (including phenoxy) is 1. The van der Waals surface area contributed by atoms with Gasteiger partial charge in [0.05, 0.1) is 20.2 Å². The maximum atomic E-state index is 13.4. The van der Waals surface area contributed by atoms with E-state index in [2.05, 4.69) is 5.10 Å². The van der Waals surface area contributed by atoms with Gasteiger partial charge in [-0.3, -0.25) is 9.36 Å². The third-order valence-electron chi connectivity index (χ3n) is 5.44. The second-order valence-electron chi connectivity index (χ2n) is 7.65. The van der Waals surface area contributed by atoms with Crippen LogP contribution in [-0.2, 0) is 13.1 Å². The van der Waals surface area contributed by atoms with Crippen molar-refractivity contribution in [3.05, 3.63) is 115 Å². The normalized spacial score (nSPS) is 11.9. The molecule has 0 spiro atoms. The van der Waals surface area contributed by atoms with Gasteiger partial charge in [0.2, 0.25) is 0 Å². The van der Waals surface area contributed by atoms with Crippen molar-refractivity contribution >= 4 is 23.2 Å². The average molecular weight is 497 g/mol. The van der Waals surface area contributed by atoms with E-state index < -0.39 is 17.3 Å². The quantitative estimate of drug-likeness (QED) is 0.415. The molecule has 4 rings (SSSR count). The summed E-state index contributed by atoms with van der Waals surface area (Å²) in [5.41, 5.74) is 7.11. The fraction of sp³-hybridized carbons (Fsp3) is 0.160. The van der Waals surface area contributed by atoms with Crippen LogP contribution in [0.3, 0.4) is 0 Å². The molecule has 2 N–H and O–H groups in total. The van der Waals surface area contributed by atoms with Crippen molar-refractivity contribution in [1.29, 1.82) is 0 Å². The minimum absolute atomic E-state index is 0.0187. The third kappa shape index (κ3) is 4.92. The van der Waals surface area contributed by atoms with Crippen LogP contribution < -0.4 is 21.7 Å². The summed E-state index contributed by atoms with van der Waals surface area (Å²) in [6, 6.07) is 20.7. The Kier molecular flexibility index (Phi) is 7.17. The topological polar surface area (TPSA) is 92.1 Å². The van der Waals surface area contributed by atoms with Crippen molar-refractivity contribution in [2.75, 3.05) is 7.11 Å². The molecule has 3 aromatic carbocycles. The first-order chi connectivity index (χ1) is 16.4. The lowest BCUT2D eigenvalue weighted by atomic mass is 10.1. The molecule has 0 fully saturated rings. The second-order valence-corrected chi connectivity index (χ2v) is 8.47. The van der Waals surface area contributed by atoms with Crippen LogP contribution in [0, 0.1) is 0 Å². The molecule has 0 saturated heterocycles. The van der Waals surface area contributed by atoms with Crippen molar-refractivity contribution < 1.29 is 4.74 Å². The van der Waals surface area contributed by atoms with E-state index in [0.717, 1.165) is 10.1 Å². The molecule has 9 heteroatoms. The standard InChI is InChI=1S/C25H22Cl2N4O3/c1-34-18-10-5-9-17(13-18)23-24(32)30(15-22(28)16-7-3-2-4-8-16)25(33)31(29-23)14-19-20(26)11-6-12-21(19)27/h2-13,22H,14-15,28H2,1H3. The smallest absolute Gasteiger partial charge is 0.347 e. The lowest BCUT2D eigenvalue weighted by Gasteiger charge is -2.17. The molecule has 7 nitrogen and oxygen atoms in total. The van der Waals surface area contributed by atoms with Gasteiger partial charge >= 0.3 is 5.69 Å². The fourth-order valence-corrected chi connectivity index (χ4v) is 4.13. The molecule has 1 heterocycles. The lowest BCUT2D eigenvalue weighted by molar-refractivity contribution is 0.415. The van der Waals surface area contributed by atoms with Crippen molar-refractivity contribution in [2.24, 2.45) is 5.73 Å². The SMILES string of the molecule is COc1cccc(-c2nn(Cc3c(Cl)cccc3Cl)c(=O)n(CC(N)c3ccccc3)c2=O)c1. The number of hydrogen-bond acceptors (Lipinski definition) is 5. The van der Waals surface area contributed by atoms with Crippen LogP contribution in [-0.4, -0.2) is 21.5 Å². The molecule has 0 amide bonds. The first kappa shape index (κ1) is 23.8. The Bertz CT molecular complexity index is 1410. The molecule has 34 heavy (non-hydrogen) atoms. The fourth-order valence-electron chi connectivity index (χ4n) is 3.61. The molecule has 0 aliphatic carbocycles. The summed E-state index contributed by atoms with van der Waals surface area (Å²) >= 11 is 12.7. The minimum atomic E-state index is -0.612. The number of hydrogen-bond donors (Lipinski definition) is 1. The van der Waals surface area contributed by atoms with Gasteiger partial charge in [0.1, 0.15) is 5.75 Å². The number of halogens is 2. The van der Waals surface area contributed by atoms with Gasteiger partial charge in [-0.1, -0.05) is 71.7 Å². The molecule has 0 bridgehead atoms. The maximum absolute atomic E-state index is 13.4. The zero-order valence-electron chi connectivity index (χ0n) is 18.3. The number of nitrogens with zero attached hydrogens (tertiary/aromatic N) is 3. The van der Waals surface area contributed by atoms with Crippen molar-refractivity contribution in [3.63, 3.8) is 0 Å². The molecule has 174 valence electrons. The van der Waals surface area contributed by atoms with Gasteiger partial charge in [-0.05, 0) is 29.8 Å². The predicted octanol–water partition coefficient (Wildman–Crippen LogP) is 4.14. The summed E-state index contributed by atoms with van der Waals surface area (Å²) in [7, 11) is 1.53. The minimum Gasteiger partial charge on any atom is -0.497 e. The van der Waals surface area contributed by atoms with E-state index in [-0.39, 0.29) is 18.8 Å². The summed E-state index contributed by atoms with van der Waals surface area (Å²) in [5, 5.41) is 5.18. The highest BCUT2D eigenvalue weighted by Crippen LogP contribution is 2.25. The van der Waals surface area contributed by atoms with E-state index >= 15 is 0 Å². The summed E-state index contributed by atoms with van der Waals surface area (Å²) in [5.74, 6) is 0.554. The van der Waals surface area contributed by atoms with Crippen LogP contribution in [0.5, 0.6) is 5.75 Å². The summed E-state index contributed by atoms with van der Waals surface area (Å²) in [4.78, 5) is 26.8. The first-order valence-corrected chi connectivity index (χ1v) is 11.2. The van der Waals surface area contributed by atoms with E-state index in [9.17, 15) is 9.59 Å². The zero-order valence-corrected chi connectivity index (χ0v) is 19.8. The molecule has 0 saturated carbocycles. The third-order valence-corrected chi connectivity index (χ3v) is 6.15. The highest BCUT2D eigenvalue weighted by molar-refractivity contribution is 6.35. The van der Waals surface area contributed by atoms with Crippen LogP contribution in [0.2, 0.25) is 10.0 Å². The van der Waals surface area contributed by atoms with Crippen molar-refractivity contribution in [3.8, 4) is 17.0 Å². The van der Waals surface area contributed by atoms with Gasteiger partial charge in [0.15, 0.2) is 5.69 Å². The predicted molar refractivity (Wildman–Crippen MR) is 134 cm³/mol. The number of rotatable bonds is 7. The number of methoxy groups -OCH3 is 1. The molecule has 0 radical (unpaired) electrons. The van der Waals surface area contributed by atoms with Gasteiger partial charge < -0.3 is 10.5 Å². The number of nitrogens with two attached hydrogens (primary N) is 1. The summed E-state index contributed by atoms with van der Waals surface area (Å²) in [6.45, 7) is -0.0490. The van der Waals surface area contributed by atoms with E-state index in [1.165, 1.54) is 11.8 Å². The van der Waals surface area contributed by atoms with Gasteiger partial charge in [-0.2, -0.15) is 5.10 Å². The van der Waals surface area contributed by atoms with E-state index in [0.29, 0.717) is 26.9 Å². The van der Waals surface area contributed by atoms with Gasteiger partial charge in [-0.15, -0.1) is 0 Å². The number of benzene rings is 3. The van der Waals surface area contributed by atoms with Crippen LogP contribution in [0.4, 0.5) is 0 Å². The molecule has 1 atom stereocenters. The average Bonchev–Trinajstić information content (AvgIpc) is 2.85. The molecular formula is C25H22Cl2N4O3. The van der Waals surface area contributed by atoms with Gasteiger partial charge in [-0.25, -0.2) is 9.48 Å². The van der Waals surface area contributed by atoms with E-state index in [4.69, 9.17) is 33.7 Å². The molecule has 4 aromatic rings. The first-order valence-electron chi connectivity index (χ1n) is 10.5.